The molecule has 0 spiro atoms. The molecule has 6 N–H and O–H groups in total. The molecule has 0 aliphatic rings. The number of alkyl halides is 3. The van der Waals surface area contributed by atoms with Crippen LogP contribution in [-0.4, -0.2) is 30.2 Å². The lowest BCUT2D eigenvalue weighted by molar-refractivity contribution is -0.136. The lowest BCUT2D eigenvalue weighted by atomic mass is 10.1. The number of nitrogen functional groups attached to an aromatic ring is 1. The first-order valence-electron chi connectivity index (χ1n) is 7.67. The zero-order valence-corrected chi connectivity index (χ0v) is 14.1. The van der Waals surface area contributed by atoms with Crippen molar-refractivity contribution in [2.45, 2.75) is 12.2 Å². The fourth-order valence-corrected chi connectivity index (χ4v) is 2.17. The van der Waals surface area contributed by atoms with Crippen LogP contribution in [0.2, 0.25) is 0 Å². The summed E-state index contributed by atoms with van der Waals surface area (Å²) in [5.41, 5.74) is 11.2. The Kier molecular flexibility index (Phi) is 6.01. The Balaban J connectivity index is 2.26. The van der Waals surface area contributed by atoms with Crippen LogP contribution in [-0.2, 0) is 0 Å². The van der Waals surface area contributed by atoms with Crippen LogP contribution in [0.15, 0.2) is 42.5 Å². The van der Waals surface area contributed by atoms with Gasteiger partial charge >= 0.3 is 6.18 Å². The number of nitrogens with two attached hydrogens (primary N) is 2. The molecule has 0 aliphatic carbocycles. The SMILES string of the molecule is CN/C(=C\C(N)C(F)(F)F)c1ccc(C(=O)Nc2cccc(F)c2)nc1N. The summed E-state index contributed by atoms with van der Waals surface area (Å²) in [5.74, 6) is -1.35. The van der Waals surface area contributed by atoms with Crippen molar-refractivity contribution < 1.29 is 22.4 Å². The van der Waals surface area contributed by atoms with Gasteiger partial charge in [-0.05, 0) is 36.4 Å². The Labute approximate surface area is 152 Å². The minimum Gasteiger partial charge on any atom is -0.388 e. The minimum atomic E-state index is -4.62. The Hall–Kier alpha value is -3.14. The van der Waals surface area contributed by atoms with Gasteiger partial charge in [0, 0.05) is 24.0 Å². The summed E-state index contributed by atoms with van der Waals surface area (Å²) >= 11 is 0. The molecule has 0 radical (unpaired) electrons. The van der Waals surface area contributed by atoms with E-state index in [2.05, 4.69) is 15.6 Å². The summed E-state index contributed by atoms with van der Waals surface area (Å²) in [6.45, 7) is 0. The quantitative estimate of drug-likeness (QED) is 0.594. The van der Waals surface area contributed by atoms with Gasteiger partial charge in [0.05, 0.1) is 0 Å². The standard InChI is InChI=1S/C17H17F4N5O/c1-24-13(8-14(22)17(19,20)21)11-5-6-12(26-15(11)23)16(27)25-10-4-2-3-9(18)7-10/h2-8,14,24H,22H2,1H3,(H2,23,26)(H,25,27)/b13-8-. The van der Waals surface area contributed by atoms with Gasteiger partial charge in [0.25, 0.3) is 5.91 Å². The van der Waals surface area contributed by atoms with Gasteiger partial charge in [-0.3, -0.25) is 4.79 Å². The van der Waals surface area contributed by atoms with Gasteiger partial charge in [-0.25, -0.2) is 9.37 Å². The van der Waals surface area contributed by atoms with Crippen LogP contribution in [0.5, 0.6) is 0 Å². The van der Waals surface area contributed by atoms with E-state index in [4.69, 9.17) is 11.5 Å². The van der Waals surface area contributed by atoms with Crippen LogP contribution >= 0.6 is 0 Å². The molecule has 1 amide bonds. The van der Waals surface area contributed by atoms with E-state index in [9.17, 15) is 22.4 Å². The lowest BCUT2D eigenvalue weighted by Crippen LogP contribution is -2.36. The van der Waals surface area contributed by atoms with Gasteiger partial charge in [0.2, 0.25) is 0 Å². The van der Waals surface area contributed by atoms with Gasteiger partial charge in [-0.1, -0.05) is 6.07 Å². The fraction of sp³-hybridized carbons (Fsp3) is 0.176. The number of benzene rings is 1. The van der Waals surface area contributed by atoms with E-state index in [-0.39, 0.29) is 28.5 Å². The van der Waals surface area contributed by atoms with E-state index >= 15 is 0 Å². The van der Waals surface area contributed by atoms with E-state index in [1.807, 2.05) is 0 Å². The molecule has 6 nitrogen and oxygen atoms in total. The number of hydrogen-bond donors (Lipinski definition) is 4. The highest BCUT2D eigenvalue weighted by Crippen LogP contribution is 2.24. The van der Waals surface area contributed by atoms with Crippen molar-refractivity contribution in [1.29, 1.82) is 0 Å². The molecule has 27 heavy (non-hydrogen) atoms. The number of carbonyl (C=O) groups excluding carboxylic acids is 1. The van der Waals surface area contributed by atoms with Crippen LogP contribution < -0.4 is 22.1 Å². The van der Waals surface area contributed by atoms with Gasteiger partial charge in [0.15, 0.2) is 0 Å². The van der Waals surface area contributed by atoms with Crippen molar-refractivity contribution in [3.63, 3.8) is 0 Å². The molecule has 144 valence electrons. The smallest absolute Gasteiger partial charge is 0.388 e. The number of nitrogens with one attached hydrogen (secondary N) is 2. The van der Waals surface area contributed by atoms with E-state index in [1.165, 1.54) is 37.4 Å². The predicted molar refractivity (Wildman–Crippen MR) is 94.1 cm³/mol. The highest BCUT2D eigenvalue weighted by Gasteiger charge is 2.35. The summed E-state index contributed by atoms with van der Waals surface area (Å²) in [5, 5.41) is 5.02. The summed E-state index contributed by atoms with van der Waals surface area (Å²) in [6, 6.07) is 5.67. The molecule has 1 aromatic heterocycles. The number of anilines is 2. The molecule has 0 fully saturated rings. The monoisotopic (exact) mass is 383 g/mol. The number of hydrogen-bond acceptors (Lipinski definition) is 5. The number of amides is 1. The van der Waals surface area contributed by atoms with Crippen LogP contribution in [0, 0.1) is 5.82 Å². The van der Waals surface area contributed by atoms with Crippen LogP contribution in [0.3, 0.4) is 0 Å². The number of halogens is 4. The zero-order chi connectivity index (χ0) is 20.2. The third-order valence-electron chi connectivity index (χ3n) is 3.52. The molecule has 10 heteroatoms. The first kappa shape index (κ1) is 20.2. The maximum absolute atomic E-state index is 13.2. The first-order valence-corrected chi connectivity index (χ1v) is 7.67. The second kappa shape index (κ2) is 8.04. The number of rotatable bonds is 5. The van der Waals surface area contributed by atoms with Crippen molar-refractivity contribution in [2.75, 3.05) is 18.1 Å². The normalized spacial score (nSPS) is 13.2. The van der Waals surface area contributed by atoms with E-state index < -0.39 is 23.9 Å². The van der Waals surface area contributed by atoms with Crippen LogP contribution in [0.1, 0.15) is 16.1 Å². The summed E-state index contributed by atoms with van der Waals surface area (Å²) in [6.07, 6.45) is -3.85. The topological polar surface area (TPSA) is 106 Å². The lowest BCUT2D eigenvalue weighted by Gasteiger charge is -2.16. The minimum absolute atomic E-state index is 0.0157. The van der Waals surface area contributed by atoms with E-state index in [1.54, 1.807) is 0 Å². The highest BCUT2D eigenvalue weighted by atomic mass is 19.4. The van der Waals surface area contributed by atoms with E-state index in [0.717, 1.165) is 12.1 Å². The molecule has 2 aromatic rings. The maximum Gasteiger partial charge on any atom is 0.407 e. The average Bonchev–Trinajstić information content (AvgIpc) is 2.58. The third-order valence-corrected chi connectivity index (χ3v) is 3.52. The second-order valence-corrected chi connectivity index (χ2v) is 5.49. The van der Waals surface area contributed by atoms with Crippen LogP contribution in [0.25, 0.3) is 5.70 Å². The molecule has 0 saturated heterocycles. The van der Waals surface area contributed by atoms with Gasteiger partial charge in [-0.15, -0.1) is 0 Å². The average molecular weight is 383 g/mol. The van der Waals surface area contributed by atoms with Crippen molar-refractivity contribution in [2.24, 2.45) is 5.73 Å². The molecule has 0 saturated carbocycles. The number of nitrogens with zero attached hydrogens (tertiary/aromatic N) is 1. The Morgan fingerprint density at radius 3 is 2.52 bits per heavy atom. The van der Waals surface area contributed by atoms with Crippen molar-refractivity contribution in [3.8, 4) is 0 Å². The summed E-state index contributed by atoms with van der Waals surface area (Å²) < 4.78 is 51.1. The molecule has 2 rings (SSSR count). The van der Waals surface area contributed by atoms with Gasteiger partial charge in [0.1, 0.15) is 23.4 Å². The molecule has 1 atom stereocenters. The third kappa shape index (κ3) is 5.17. The number of pyridine rings is 1. The summed E-state index contributed by atoms with van der Waals surface area (Å²) in [7, 11) is 1.40. The molecule has 1 aromatic carbocycles. The highest BCUT2D eigenvalue weighted by molar-refractivity contribution is 6.03. The van der Waals surface area contributed by atoms with Crippen molar-refractivity contribution in [1.82, 2.24) is 10.3 Å². The largest absolute Gasteiger partial charge is 0.407 e. The van der Waals surface area contributed by atoms with Gasteiger partial charge < -0.3 is 22.1 Å². The molecule has 1 unspecified atom stereocenters. The predicted octanol–water partition coefficient (Wildman–Crippen LogP) is 2.51. The molecule has 0 bridgehead atoms. The number of aromatic nitrogens is 1. The fourth-order valence-electron chi connectivity index (χ4n) is 2.17. The maximum atomic E-state index is 13.2. The summed E-state index contributed by atoms with van der Waals surface area (Å²) in [4.78, 5) is 16.1. The molecular weight excluding hydrogens is 366 g/mol. The Morgan fingerprint density at radius 2 is 1.96 bits per heavy atom. The zero-order valence-electron chi connectivity index (χ0n) is 14.1. The van der Waals surface area contributed by atoms with Crippen molar-refractivity contribution in [3.05, 3.63) is 59.5 Å². The van der Waals surface area contributed by atoms with E-state index in [0.29, 0.717) is 0 Å². The first-order chi connectivity index (χ1) is 12.6. The Bertz CT molecular complexity index is 867. The molecule has 1 heterocycles. The second-order valence-electron chi connectivity index (χ2n) is 5.49. The molecule has 0 aliphatic heterocycles. The van der Waals surface area contributed by atoms with Gasteiger partial charge in [-0.2, -0.15) is 13.2 Å². The molecular formula is C17H17F4N5O. The van der Waals surface area contributed by atoms with Crippen molar-refractivity contribution >= 4 is 23.1 Å². The number of carbonyl (C=O) groups is 1. The Morgan fingerprint density at radius 1 is 1.26 bits per heavy atom. The van der Waals surface area contributed by atoms with Crippen LogP contribution in [0.4, 0.5) is 29.1 Å².